The Morgan fingerprint density at radius 2 is 1.95 bits per heavy atom. The maximum Gasteiger partial charge on any atom is 0.119 e. The van der Waals surface area contributed by atoms with E-state index in [1.165, 1.54) is 12.8 Å². The Morgan fingerprint density at radius 1 is 1.20 bits per heavy atom. The quantitative estimate of drug-likeness (QED) is 0.726. The van der Waals surface area contributed by atoms with Gasteiger partial charge in [0.1, 0.15) is 5.75 Å². The van der Waals surface area contributed by atoms with Crippen molar-refractivity contribution in [2.24, 2.45) is 5.92 Å². The number of hydrogen-bond acceptors (Lipinski definition) is 3. The van der Waals surface area contributed by atoms with Gasteiger partial charge in [0.2, 0.25) is 0 Å². The molecule has 1 rings (SSSR count). The topological polar surface area (TPSA) is 41.5 Å². The fourth-order valence-electron chi connectivity index (χ4n) is 2.21. The van der Waals surface area contributed by atoms with Crippen LogP contribution in [0.2, 0.25) is 0 Å². The Kier molecular flexibility index (Phi) is 7.63. The Balaban J connectivity index is 2.32. The van der Waals surface area contributed by atoms with Crippen molar-refractivity contribution < 1.29 is 9.84 Å². The zero-order chi connectivity index (χ0) is 15.0. The highest BCUT2D eigenvalue weighted by Gasteiger charge is 2.10. The lowest BCUT2D eigenvalue weighted by Gasteiger charge is -2.18. The van der Waals surface area contributed by atoms with Crippen molar-refractivity contribution in [3.05, 3.63) is 29.8 Å². The number of hydrogen-bond donors (Lipinski definition) is 2. The molecular formula is C17H29NO2. The lowest BCUT2D eigenvalue weighted by Crippen LogP contribution is -2.30. The van der Waals surface area contributed by atoms with Gasteiger partial charge in [-0.05, 0) is 37.0 Å². The minimum atomic E-state index is -0.488. The molecule has 0 saturated heterocycles. The summed E-state index contributed by atoms with van der Waals surface area (Å²) in [7, 11) is 1.64. The van der Waals surface area contributed by atoms with Crippen LogP contribution in [-0.4, -0.2) is 24.8 Å². The van der Waals surface area contributed by atoms with Gasteiger partial charge in [0, 0.05) is 12.6 Å². The maximum absolute atomic E-state index is 10.2. The monoisotopic (exact) mass is 279 g/mol. The smallest absolute Gasteiger partial charge is 0.119 e. The van der Waals surface area contributed by atoms with Gasteiger partial charge in [-0.25, -0.2) is 0 Å². The van der Waals surface area contributed by atoms with Crippen LogP contribution >= 0.6 is 0 Å². The molecule has 0 aliphatic heterocycles. The van der Waals surface area contributed by atoms with E-state index >= 15 is 0 Å². The maximum atomic E-state index is 10.2. The summed E-state index contributed by atoms with van der Waals surface area (Å²) in [5, 5.41) is 13.6. The first-order chi connectivity index (χ1) is 9.52. The van der Waals surface area contributed by atoms with Crippen molar-refractivity contribution in [1.82, 2.24) is 5.32 Å². The van der Waals surface area contributed by atoms with Gasteiger partial charge in [-0.2, -0.15) is 0 Å². The summed E-state index contributed by atoms with van der Waals surface area (Å²) < 4.78 is 5.17. The molecule has 2 atom stereocenters. The van der Waals surface area contributed by atoms with Gasteiger partial charge in [0.05, 0.1) is 13.2 Å². The summed E-state index contributed by atoms with van der Waals surface area (Å²) in [6.07, 6.45) is 3.17. The van der Waals surface area contributed by atoms with E-state index in [1.54, 1.807) is 7.11 Å². The zero-order valence-corrected chi connectivity index (χ0v) is 13.2. The predicted molar refractivity (Wildman–Crippen MR) is 84.1 cm³/mol. The third-order valence-electron chi connectivity index (χ3n) is 3.56. The molecule has 0 heterocycles. The number of benzene rings is 1. The minimum Gasteiger partial charge on any atom is -0.497 e. The molecule has 0 bridgehead atoms. The Hall–Kier alpha value is -1.06. The molecule has 20 heavy (non-hydrogen) atoms. The molecule has 0 amide bonds. The van der Waals surface area contributed by atoms with Crippen LogP contribution in [0.5, 0.6) is 5.75 Å². The normalized spacial score (nSPS) is 14.3. The van der Waals surface area contributed by atoms with Crippen LogP contribution in [0.4, 0.5) is 0 Å². The van der Waals surface area contributed by atoms with Crippen LogP contribution in [0.15, 0.2) is 24.3 Å². The lowest BCUT2D eigenvalue weighted by atomic mass is 10.0. The van der Waals surface area contributed by atoms with E-state index in [0.29, 0.717) is 12.6 Å². The summed E-state index contributed by atoms with van der Waals surface area (Å²) in [5.41, 5.74) is 0.895. The van der Waals surface area contributed by atoms with Gasteiger partial charge in [-0.1, -0.05) is 38.8 Å². The number of methoxy groups -OCH3 is 1. The van der Waals surface area contributed by atoms with E-state index in [0.717, 1.165) is 23.7 Å². The summed E-state index contributed by atoms with van der Waals surface area (Å²) in [4.78, 5) is 0. The fraction of sp³-hybridized carbons (Fsp3) is 0.647. The van der Waals surface area contributed by atoms with Crippen LogP contribution in [0.25, 0.3) is 0 Å². The van der Waals surface area contributed by atoms with Crippen molar-refractivity contribution in [2.75, 3.05) is 13.7 Å². The molecule has 1 aromatic rings. The summed E-state index contributed by atoms with van der Waals surface area (Å²) in [5.74, 6) is 1.55. The second-order valence-corrected chi connectivity index (χ2v) is 5.93. The van der Waals surface area contributed by atoms with Crippen molar-refractivity contribution in [3.8, 4) is 5.75 Å². The predicted octanol–water partition coefficient (Wildman–Crippen LogP) is 3.53. The standard InChI is InChI=1S/C17H29NO2/c1-13(2)7-5-8-14(3)18-12-17(19)15-9-6-10-16(11-15)20-4/h6,9-11,13-14,17-19H,5,7-8,12H2,1-4H3. The van der Waals surface area contributed by atoms with Gasteiger partial charge >= 0.3 is 0 Å². The fourth-order valence-corrected chi connectivity index (χ4v) is 2.21. The third-order valence-corrected chi connectivity index (χ3v) is 3.56. The summed E-state index contributed by atoms with van der Waals surface area (Å²) in [6.45, 7) is 7.27. The molecule has 0 radical (unpaired) electrons. The number of nitrogens with one attached hydrogen (secondary N) is 1. The van der Waals surface area contributed by atoms with Crippen LogP contribution in [0.1, 0.15) is 51.7 Å². The molecule has 0 aliphatic carbocycles. The second-order valence-electron chi connectivity index (χ2n) is 5.93. The van der Waals surface area contributed by atoms with Crippen molar-refractivity contribution in [1.29, 1.82) is 0 Å². The minimum absolute atomic E-state index is 0.439. The van der Waals surface area contributed by atoms with E-state index in [2.05, 4.69) is 26.1 Å². The molecule has 1 aromatic carbocycles. The van der Waals surface area contributed by atoms with Crippen molar-refractivity contribution >= 4 is 0 Å². The van der Waals surface area contributed by atoms with Gasteiger partial charge in [0.15, 0.2) is 0 Å². The summed E-state index contributed by atoms with van der Waals surface area (Å²) >= 11 is 0. The highest BCUT2D eigenvalue weighted by molar-refractivity contribution is 5.29. The second kappa shape index (κ2) is 8.98. The first-order valence-corrected chi connectivity index (χ1v) is 7.58. The Bertz CT molecular complexity index is 379. The first-order valence-electron chi connectivity index (χ1n) is 7.58. The Morgan fingerprint density at radius 3 is 2.60 bits per heavy atom. The average Bonchev–Trinajstić information content (AvgIpc) is 2.44. The van der Waals surface area contributed by atoms with Gasteiger partial charge in [-0.3, -0.25) is 0 Å². The van der Waals surface area contributed by atoms with Gasteiger partial charge < -0.3 is 15.2 Å². The third kappa shape index (κ3) is 6.40. The highest BCUT2D eigenvalue weighted by Crippen LogP contribution is 2.18. The molecule has 0 spiro atoms. The molecule has 0 aromatic heterocycles. The Labute approximate surface area is 123 Å². The van der Waals surface area contributed by atoms with Crippen molar-refractivity contribution in [3.63, 3.8) is 0 Å². The van der Waals surface area contributed by atoms with E-state index in [9.17, 15) is 5.11 Å². The first kappa shape index (κ1) is 17.0. The average molecular weight is 279 g/mol. The van der Waals surface area contributed by atoms with Gasteiger partial charge in [-0.15, -0.1) is 0 Å². The lowest BCUT2D eigenvalue weighted by molar-refractivity contribution is 0.169. The van der Waals surface area contributed by atoms with E-state index in [4.69, 9.17) is 4.74 Å². The molecule has 0 saturated carbocycles. The van der Waals surface area contributed by atoms with Gasteiger partial charge in [0.25, 0.3) is 0 Å². The summed E-state index contributed by atoms with van der Waals surface area (Å²) in [6, 6.07) is 8.05. The number of aliphatic hydroxyl groups is 1. The molecule has 114 valence electrons. The number of rotatable bonds is 9. The van der Waals surface area contributed by atoms with E-state index in [1.807, 2.05) is 24.3 Å². The van der Waals surface area contributed by atoms with E-state index < -0.39 is 6.10 Å². The van der Waals surface area contributed by atoms with Crippen LogP contribution in [0.3, 0.4) is 0 Å². The molecule has 2 N–H and O–H groups in total. The molecule has 0 aliphatic rings. The zero-order valence-electron chi connectivity index (χ0n) is 13.2. The largest absolute Gasteiger partial charge is 0.497 e. The molecular weight excluding hydrogens is 250 g/mol. The van der Waals surface area contributed by atoms with Crippen LogP contribution in [0, 0.1) is 5.92 Å². The molecule has 3 nitrogen and oxygen atoms in total. The number of ether oxygens (including phenoxy) is 1. The molecule has 3 heteroatoms. The van der Waals surface area contributed by atoms with E-state index in [-0.39, 0.29) is 0 Å². The van der Waals surface area contributed by atoms with Crippen molar-refractivity contribution in [2.45, 2.75) is 52.2 Å². The van der Waals surface area contributed by atoms with Crippen LogP contribution < -0.4 is 10.1 Å². The molecule has 0 fully saturated rings. The SMILES string of the molecule is COc1cccc(C(O)CNC(C)CCCC(C)C)c1. The van der Waals surface area contributed by atoms with Crippen LogP contribution in [-0.2, 0) is 0 Å². The molecule has 2 unspecified atom stereocenters. The number of aliphatic hydroxyl groups excluding tert-OH is 1. The highest BCUT2D eigenvalue weighted by atomic mass is 16.5.